The zero-order valence-electron chi connectivity index (χ0n) is 18.0. The van der Waals surface area contributed by atoms with E-state index in [1.54, 1.807) is 6.07 Å². The summed E-state index contributed by atoms with van der Waals surface area (Å²) in [5.74, 6) is 0.659. The van der Waals surface area contributed by atoms with Crippen molar-refractivity contribution in [2.24, 2.45) is 0 Å². The predicted octanol–water partition coefficient (Wildman–Crippen LogP) is 2.90. The topological polar surface area (TPSA) is 128 Å². The Bertz CT molecular complexity index is 1180. The maximum atomic E-state index is 14.9. The van der Waals surface area contributed by atoms with Crippen LogP contribution in [-0.2, 0) is 9.47 Å². The Morgan fingerprint density at radius 2 is 2.24 bits per heavy atom. The smallest absolute Gasteiger partial charge is 0.408 e. The van der Waals surface area contributed by atoms with E-state index in [4.69, 9.17) is 14.2 Å². The van der Waals surface area contributed by atoms with E-state index in [-0.39, 0.29) is 18.0 Å². The Hall–Kier alpha value is -3.55. The van der Waals surface area contributed by atoms with E-state index in [9.17, 15) is 18.0 Å². The molecule has 2 aliphatic rings. The largest absolute Gasteiger partial charge is 0.471 e. The minimum absolute atomic E-state index is 0.0180. The summed E-state index contributed by atoms with van der Waals surface area (Å²) in [6.07, 6.45) is -2.20. The molecule has 3 aromatic heterocycles. The standard InChI is InChI=1S/C20H22F3N7O4/c1-20(2-3-20)26-19(31)34-12-8-33-17(16(12)23)10-6-14(28-27-10)25-18-11-7-15(32-9-13(21)22)29-30(11)5-4-24-18/h4-7,12-13,16-17H,2-3,8-9H2,1H3,(H,26,31)(H2,24,25,27,28)/t12-,16-,17-/m0/s1. The van der Waals surface area contributed by atoms with Gasteiger partial charge in [-0.2, -0.15) is 5.10 Å². The number of hydrogen-bond donors (Lipinski definition) is 3. The Balaban J connectivity index is 1.24. The molecule has 0 radical (unpaired) electrons. The first-order chi connectivity index (χ1) is 16.3. The molecule has 182 valence electrons. The predicted molar refractivity (Wildman–Crippen MR) is 111 cm³/mol. The number of rotatable bonds is 8. The van der Waals surface area contributed by atoms with Crippen LogP contribution in [0.25, 0.3) is 5.52 Å². The molecule has 11 nitrogen and oxygen atoms in total. The summed E-state index contributed by atoms with van der Waals surface area (Å²) in [6.45, 7) is 1.03. The monoisotopic (exact) mass is 481 g/mol. The minimum atomic E-state index is -2.62. The number of amides is 1. The number of halogens is 3. The molecule has 0 bridgehead atoms. The number of H-pyrrole nitrogens is 1. The number of carbonyl (C=O) groups is 1. The quantitative estimate of drug-likeness (QED) is 0.448. The molecule has 1 amide bonds. The van der Waals surface area contributed by atoms with E-state index in [1.165, 1.54) is 23.0 Å². The number of aromatic amines is 1. The van der Waals surface area contributed by atoms with Crippen molar-refractivity contribution in [3.05, 3.63) is 30.2 Å². The molecule has 4 heterocycles. The van der Waals surface area contributed by atoms with Gasteiger partial charge in [0.2, 0.25) is 5.88 Å². The van der Waals surface area contributed by atoms with Gasteiger partial charge in [0.25, 0.3) is 6.43 Å². The normalized spacial score (nSPS) is 23.3. The van der Waals surface area contributed by atoms with Gasteiger partial charge in [-0.25, -0.2) is 27.5 Å². The fourth-order valence-corrected chi connectivity index (χ4v) is 3.55. The highest BCUT2D eigenvalue weighted by atomic mass is 19.3. The van der Waals surface area contributed by atoms with Crippen LogP contribution in [0.15, 0.2) is 24.5 Å². The third-order valence-corrected chi connectivity index (χ3v) is 5.62. The average molecular weight is 481 g/mol. The van der Waals surface area contributed by atoms with Gasteiger partial charge in [-0.3, -0.25) is 5.10 Å². The highest BCUT2D eigenvalue weighted by Crippen LogP contribution is 2.36. The van der Waals surface area contributed by atoms with Crippen LogP contribution in [-0.4, -0.2) is 68.3 Å². The Kier molecular flexibility index (Phi) is 5.67. The Labute approximate surface area is 191 Å². The highest BCUT2D eigenvalue weighted by molar-refractivity contribution is 5.73. The van der Waals surface area contributed by atoms with Gasteiger partial charge in [0, 0.05) is 30.1 Å². The molecular weight excluding hydrogens is 459 g/mol. The van der Waals surface area contributed by atoms with Crippen LogP contribution in [0.4, 0.5) is 29.6 Å². The van der Waals surface area contributed by atoms with Crippen LogP contribution in [0, 0.1) is 0 Å². The Morgan fingerprint density at radius 1 is 1.41 bits per heavy atom. The van der Waals surface area contributed by atoms with Crippen molar-refractivity contribution in [2.45, 2.75) is 50.1 Å². The second kappa shape index (κ2) is 8.66. The third kappa shape index (κ3) is 4.71. The molecule has 0 aromatic carbocycles. The lowest BCUT2D eigenvalue weighted by atomic mass is 10.1. The zero-order valence-corrected chi connectivity index (χ0v) is 18.0. The summed E-state index contributed by atoms with van der Waals surface area (Å²) >= 11 is 0. The van der Waals surface area contributed by atoms with E-state index in [0.717, 1.165) is 12.8 Å². The van der Waals surface area contributed by atoms with Gasteiger partial charge in [0.1, 0.15) is 11.6 Å². The Morgan fingerprint density at radius 3 is 3.00 bits per heavy atom. The molecule has 1 saturated carbocycles. The van der Waals surface area contributed by atoms with Crippen LogP contribution >= 0.6 is 0 Å². The van der Waals surface area contributed by atoms with Crippen LogP contribution in [0.5, 0.6) is 5.88 Å². The first-order valence-electron chi connectivity index (χ1n) is 10.6. The van der Waals surface area contributed by atoms with Gasteiger partial charge in [-0.15, -0.1) is 5.10 Å². The molecule has 1 aliphatic carbocycles. The molecule has 1 aliphatic heterocycles. The zero-order chi connectivity index (χ0) is 23.9. The second-order valence-electron chi connectivity index (χ2n) is 8.45. The number of nitrogens with one attached hydrogen (secondary N) is 3. The van der Waals surface area contributed by atoms with Gasteiger partial charge < -0.3 is 24.8 Å². The van der Waals surface area contributed by atoms with Gasteiger partial charge in [0.15, 0.2) is 30.5 Å². The van der Waals surface area contributed by atoms with E-state index in [2.05, 4.69) is 30.9 Å². The number of ether oxygens (including phenoxy) is 3. The summed E-state index contributed by atoms with van der Waals surface area (Å²) in [5, 5.41) is 16.6. The maximum Gasteiger partial charge on any atom is 0.408 e. The molecule has 14 heteroatoms. The molecule has 3 N–H and O–H groups in total. The fraction of sp³-hybridized carbons (Fsp3) is 0.500. The molecular formula is C20H22F3N7O4. The molecule has 5 rings (SSSR count). The van der Waals surface area contributed by atoms with Crippen molar-refractivity contribution < 1.29 is 32.2 Å². The second-order valence-corrected chi connectivity index (χ2v) is 8.45. The number of anilines is 2. The van der Waals surface area contributed by atoms with Crippen molar-refractivity contribution in [2.75, 3.05) is 18.5 Å². The molecule has 34 heavy (non-hydrogen) atoms. The molecule has 3 aromatic rings. The van der Waals surface area contributed by atoms with Gasteiger partial charge in [-0.05, 0) is 19.8 Å². The first kappa shape index (κ1) is 22.3. The third-order valence-electron chi connectivity index (χ3n) is 5.62. The lowest BCUT2D eigenvalue weighted by molar-refractivity contribution is 0.0604. The molecule has 2 fully saturated rings. The molecule has 3 atom stereocenters. The van der Waals surface area contributed by atoms with E-state index in [1.807, 2.05) is 6.92 Å². The number of alkyl halides is 3. The number of nitrogens with zero attached hydrogens (tertiary/aromatic N) is 4. The van der Waals surface area contributed by atoms with Gasteiger partial charge >= 0.3 is 6.09 Å². The number of carbonyl (C=O) groups excluding carboxylic acids is 1. The summed E-state index contributed by atoms with van der Waals surface area (Å²) < 4.78 is 56.8. The summed E-state index contributed by atoms with van der Waals surface area (Å²) in [4.78, 5) is 16.2. The van der Waals surface area contributed by atoms with Crippen LogP contribution in [0.3, 0.4) is 0 Å². The van der Waals surface area contributed by atoms with Gasteiger partial charge in [0.05, 0.1) is 12.3 Å². The van der Waals surface area contributed by atoms with Crippen LogP contribution < -0.4 is 15.4 Å². The fourth-order valence-electron chi connectivity index (χ4n) is 3.55. The van der Waals surface area contributed by atoms with E-state index < -0.39 is 37.5 Å². The summed E-state index contributed by atoms with van der Waals surface area (Å²) in [6, 6.07) is 3.00. The van der Waals surface area contributed by atoms with Crippen molar-refractivity contribution >= 4 is 23.2 Å². The van der Waals surface area contributed by atoms with Crippen LogP contribution in [0.2, 0.25) is 0 Å². The SMILES string of the molecule is CC1(NC(=O)O[C@H]2CO[C@@H](c3cc(Nc4nccn5nc(OCC(F)F)cc45)n[nH]3)[C@H]2F)CC1. The maximum absolute atomic E-state index is 14.9. The van der Waals surface area contributed by atoms with Crippen molar-refractivity contribution in [3.8, 4) is 5.88 Å². The number of fused-ring (bicyclic) bond motifs is 1. The van der Waals surface area contributed by atoms with Crippen molar-refractivity contribution in [3.63, 3.8) is 0 Å². The lowest BCUT2D eigenvalue weighted by Gasteiger charge is -2.17. The van der Waals surface area contributed by atoms with Crippen molar-refractivity contribution in [1.82, 2.24) is 30.1 Å². The average Bonchev–Trinajstić information content (AvgIpc) is 3.15. The highest BCUT2D eigenvalue weighted by Gasteiger charge is 2.44. The van der Waals surface area contributed by atoms with E-state index in [0.29, 0.717) is 22.8 Å². The van der Waals surface area contributed by atoms with Crippen molar-refractivity contribution in [1.29, 1.82) is 0 Å². The van der Waals surface area contributed by atoms with E-state index >= 15 is 0 Å². The molecule has 0 spiro atoms. The number of alkyl carbamates (subject to hydrolysis) is 1. The minimum Gasteiger partial charge on any atom is -0.471 e. The molecule has 0 unspecified atom stereocenters. The lowest BCUT2D eigenvalue weighted by Crippen LogP contribution is -2.39. The van der Waals surface area contributed by atoms with Gasteiger partial charge in [-0.1, -0.05) is 0 Å². The summed E-state index contributed by atoms with van der Waals surface area (Å²) in [7, 11) is 0. The summed E-state index contributed by atoms with van der Waals surface area (Å²) in [5.41, 5.74) is 0.534. The van der Waals surface area contributed by atoms with Crippen LogP contribution in [0.1, 0.15) is 31.6 Å². The number of aromatic nitrogens is 5. The first-order valence-corrected chi connectivity index (χ1v) is 10.6. The molecule has 1 saturated heterocycles. The number of hydrogen-bond acceptors (Lipinski definition) is 8.